The normalized spacial score (nSPS) is 22.0. The molecule has 1 heterocycles. The summed E-state index contributed by atoms with van der Waals surface area (Å²) >= 11 is 0. The first-order valence-corrected chi connectivity index (χ1v) is 11.2. The van der Waals surface area contributed by atoms with Crippen LogP contribution in [-0.2, 0) is 9.84 Å². The van der Waals surface area contributed by atoms with Gasteiger partial charge in [-0.15, -0.1) is 24.0 Å². The predicted octanol–water partition coefficient (Wildman–Crippen LogP) is 2.10. The molecule has 0 amide bonds. The lowest BCUT2D eigenvalue weighted by molar-refractivity contribution is 0.142. The fourth-order valence-electron chi connectivity index (χ4n) is 2.98. The standard InChI is InChI=1S/C17H36N4O2S.HI/c1-6-18-17(20-15(3)9-11-24(5,22)23)19-12-16(4)21-10-7-8-14(2)13-21;/h14-16H,6-13H2,1-5H3,(H2,18,19,20);1H. The summed E-state index contributed by atoms with van der Waals surface area (Å²) in [7, 11) is -2.92. The van der Waals surface area contributed by atoms with Gasteiger partial charge in [0.1, 0.15) is 9.84 Å². The van der Waals surface area contributed by atoms with Crippen LogP contribution in [0.4, 0.5) is 0 Å². The third-order valence-corrected chi connectivity index (χ3v) is 5.45. The molecular weight excluding hydrogens is 451 g/mol. The molecule has 0 aromatic heterocycles. The quantitative estimate of drug-likeness (QED) is 0.311. The molecule has 2 N–H and O–H groups in total. The number of sulfone groups is 1. The van der Waals surface area contributed by atoms with Gasteiger partial charge in [-0.25, -0.2) is 8.42 Å². The molecule has 1 fully saturated rings. The minimum absolute atomic E-state index is 0. The maximum Gasteiger partial charge on any atom is 0.191 e. The molecule has 1 aliphatic rings. The molecule has 0 aromatic carbocycles. The number of aliphatic imine (C=N–C) groups is 1. The highest BCUT2D eigenvalue weighted by molar-refractivity contribution is 14.0. The topological polar surface area (TPSA) is 73.8 Å². The van der Waals surface area contributed by atoms with Gasteiger partial charge in [0.05, 0.1) is 12.3 Å². The Labute approximate surface area is 171 Å². The molecule has 0 aromatic rings. The van der Waals surface area contributed by atoms with E-state index in [1.165, 1.54) is 19.1 Å². The smallest absolute Gasteiger partial charge is 0.191 e. The van der Waals surface area contributed by atoms with Crippen molar-refractivity contribution >= 4 is 39.8 Å². The first kappa shape index (κ1) is 24.9. The third-order valence-electron chi connectivity index (χ3n) is 4.47. The van der Waals surface area contributed by atoms with E-state index in [0.29, 0.717) is 12.5 Å². The van der Waals surface area contributed by atoms with Gasteiger partial charge in [0.2, 0.25) is 0 Å². The van der Waals surface area contributed by atoms with Crippen LogP contribution in [0.3, 0.4) is 0 Å². The Kier molecular flexibility index (Phi) is 12.3. The van der Waals surface area contributed by atoms with Crippen LogP contribution in [0.25, 0.3) is 0 Å². The number of piperidine rings is 1. The summed E-state index contributed by atoms with van der Waals surface area (Å²) in [4.78, 5) is 7.22. The van der Waals surface area contributed by atoms with Gasteiger partial charge in [-0.1, -0.05) is 6.92 Å². The van der Waals surface area contributed by atoms with Crippen molar-refractivity contribution in [1.82, 2.24) is 15.5 Å². The van der Waals surface area contributed by atoms with Crippen LogP contribution in [0.2, 0.25) is 0 Å². The molecule has 0 saturated carbocycles. The van der Waals surface area contributed by atoms with Crippen LogP contribution >= 0.6 is 24.0 Å². The molecule has 3 unspecified atom stereocenters. The molecule has 0 spiro atoms. The van der Waals surface area contributed by atoms with Crippen LogP contribution < -0.4 is 10.6 Å². The monoisotopic (exact) mass is 488 g/mol. The van der Waals surface area contributed by atoms with E-state index in [2.05, 4.69) is 29.4 Å². The zero-order valence-electron chi connectivity index (χ0n) is 16.4. The molecule has 8 heteroatoms. The number of guanidine groups is 1. The molecular formula is C17H37IN4O2S. The van der Waals surface area contributed by atoms with Crippen molar-refractivity contribution < 1.29 is 8.42 Å². The van der Waals surface area contributed by atoms with Crippen molar-refractivity contribution in [3.63, 3.8) is 0 Å². The van der Waals surface area contributed by atoms with Gasteiger partial charge in [-0.05, 0) is 52.5 Å². The van der Waals surface area contributed by atoms with Crippen molar-refractivity contribution in [2.24, 2.45) is 10.9 Å². The highest BCUT2D eigenvalue weighted by Gasteiger charge is 2.20. The molecule has 1 saturated heterocycles. The SMILES string of the molecule is CCNC(=NCC(C)N1CCCC(C)C1)NC(C)CCS(C)(=O)=O.I. The zero-order chi connectivity index (χ0) is 18.2. The summed E-state index contributed by atoms with van der Waals surface area (Å²) in [6, 6.07) is 0.498. The van der Waals surface area contributed by atoms with Crippen LogP contribution in [-0.4, -0.2) is 69.5 Å². The van der Waals surface area contributed by atoms with Gasteiger partial charge in [0.15, 0.2) is 5.96 Å². The van der Waals surface area contributed by atoms with E-state index in [4.69, 9.17) is 4.99 Å². The van der Waals surface area contributed by atoms with Gasteiger partial charge in [0, 0.05) is 31.4 Å². The highest BCUT2D eigenvalue weighted by Crippen LogP contribution is 2.17. The zero-order valence-corrected chi connectivity index (χ0v) is 19.6. The van der Waals surface area contributed by atoms with E-state index in [1.807, 2.05) is 13.8 Å². The van der Waals surface area contributed by atoms with Crippen LogP contribution in [0.15, 0.2) is 4.99 Å². The summed E-state index contributed by atoms with van der Waals surface area (Å²) in [6.45, 7) is 12.4. The Hall–Kier alpha value is -0.0900. The Bertz CT molecular complexity index is 499. The molecule has 3 atom stereocenters. The minimum atomic E-state index is -2.92. The van der Waals surface area contributed by atoms with E-state index >= 15 is 0 Å². The molecule has 0 aliphatic carbocycles. The summed E-state index contributed by atoms with van der Waals surface area (Å²) in [6.07, 6.45) is 4.47. The average molecular weight is 488 g/mol. The van der Waals surface area contributed by atoms with Crippen molar-refractivity contribution in [3.05, 3.63) is 0 Å². The van der Waals surface area contributed by atoms with Crippen molar-refractivity contribution in [2.45, 2.75) is 59.0 Å². The number of hydrogen-bond acceptors (Lipinski definition) is 4. The van der Waals surface area contributed by atoms with Gasteiger partial charge in [-0.2, -0.15) is 0 Å². The number of hydrogen-bond donors (Lipinski definition) is 2. The summed E-state index contributed by atoms with van der Waals surface area (Å²) < 4.78 is 22.6. The van der Waals surface area contributed by atoms with Gasteiger partial charge in [-0.3, -0.25) is 9.89 Å². The van der Waals surface area contributed by atoms with E-state index in [-0.39, 0.29) is 35.8 Å². The molecule has 25 heavy (non-hydrogen) atoms. The van der Waals surface area contributed by atoms with E-state index in [0.717, 1.165) is 38.1 Å². The van der Waals surface area contributed by atoms with Crippen molar-refractivity contribution in [1.29, 1.82) is 0 Å². The van der Waals surface area contributed by atoms with Gasteiger partial charge < -0.3 is 10.6 Å². The lowest BCUT2D eigenvalue weighted by Gasteiger charge is -2.35. The minimum Gasteiger partial charge on any atom is -0.357 e. The first-order chi connectivity index (χ1) is 11.2. The van der Waals surface area contributed by atoms with Crippen molar-refractivity contribution in [3.8, 4) is 0 Å². The lowest BCUT2D eigenvalue weighted by Crippen LogP contribution is -2.45. The average Bonchev–Trinajstić information content (AvgIpc) is 2.50. The second-order valence-corrected chi connectivity index (χ2v) is 9.53. The van der Waals surface area contributed by atoms with E-state index < -0.39 is 9.84 Å². The number of halogens is 1. The molecule has 0 radical (unpaired) electrons. The number of nitrogens with one attached hydrogen (secondary N) is 2. The van der Waals surface area contributed by atoms with Crippen molar-refractivity contribution in [2.75, 3.05) is 38.2 Å². The fourth-order valence-corrected chi connectivity index (χ4v) is 3.76. The second-order valence-electron chi connectivity index (χ2n) is 7.27. The fraction of sp³-hybridized carbons (Fsp3) is 0.941. The summed E-state index contributed by atoms with van der Waals surface area (Å²) in [5, 5.41) is 6.56. The first-order valence-electron chi connectivity index (χ1n) is 9.18. The third kappa shape index (κ3) is 11.3. The largest absolute Gasteiger partial charge is 0.357 e. The number of likely N-dealkylation sites (tertiary alicyclic amines) is 1. The summed E-state index contributed by atoms with van der Waals surface area (Å²) in [5.41, 5.74) is 0. The lowest BCUT2D eigenvalue weighted by atomic mass is 9.99. The van der Waals surface area contributed by atoms with E-state index in [9.17, 15) is 8.42 Å². The molecule has 6 nitrogen and oxygen atoms in total. The molecule has 0 bridgehead atoms. The Morgan fingerprint density at radius 2 is 2.04 bits per heavy atom. The van der Waals surface area contributed by atoms with Gasteiger partial charge >= 0.3 is 0 Å². The maximum absolute atomic E-state index is 11.3. The van der Waals surface area contributed by atoms with E-state index in [1.54, 1.807) is 0 Å². The molecule has 150 valence electrons. The summed E-state index contributed by atoms with van der Waals surface area (Å²) in [5.74, 6) is 1.74. The predicted molar refractivity (Wildman–Crippen MR) is 118 cm³/mol. The van der Waals surface area contributed by atoms with Crippen LogP contribution in [0.5, 0.6) is 0 Å². The van der Waals surface area contributed by atoms with Crippen LogP contribution in [0.1, 0.15) is 47.0 Å². The second kappa shape index (κ2) is 12.3. The Balaban J connectivity index is 0.00000576. The number of nitrogens with zero attached hydrogens (tertiary/aromatic N) is 2. The van der Waals surface area contributed by atoms with Gasteiger partial charge in [0.25, 0.3) is 0 Å². The van der Waals surface area contributed by atoms with Crippen LogP contribution in [0, 0.1) is 5.92 Å². The Morgan fingerprint density at radius 1 is 1.36 bits per heavy atom. The molecule has 1 aliphatic heterocycles. The maximum atomic E-state index is 11.3. The number of rotatable bonds is 8. The Morgan fingerprint density at radius 3 is 2.60 bits per heavy atom. The molecule has 1 rings (SSSR count). The highest BCUT2D eigenvalue weighted by atomic mass is 127.